The van der Waals surface area contributed by atoms with Gasteiger partial charge in [-0.1, -0.05) is 59.7 Å². The SMILES string of the molecule is Cc1ccc(S(=O)(=O)N(CC(=O)Nc2ccccc2F)Cc2cccc(C)c2)cc1. The van der Waals surface area contributed by atoms with Crippen molar-refractivity contribution in [2.45, 2.75) is 25.3 Å². The Bertz CT molecular complexity index is 1150. The second kappa shape index (κ2) is 9.19. The van der Waals surface area contributed by atoms with Gasteiger partial charge in [-0.3, -0.25) is 4.79 Å². The van der Waals surface area contributed by atoms with Crippen molar-refractivity contribution in [2.24, 2.45) is 0 Å². The van der Waals surface area contributed by atoms with E-state index in [1.165, 1.54) is 30.3 Å². The second-order valence-corrected chi connectivity index (χ2v) is 9.04. The molecular weight excluding hydrogens is 403 g/mol. The summed E-state index contributed by atoms with van der Waals surface area (Å²) in [5.41, 5.74) is 2.67. The van der Waals surface area contributed by atoms with Crippen LogP contribution in [-0.4, -0.2) is 25.2 Å². The van der Waals surface area contributed by atoms with Crippen molar-refractivity contribution in [2.75, 3.05) is 11.9 Å². The van der Waals surface area contributed by atoms with Crippen molar-refractivity contribution in [1.82, 2.24) is 4.31 Å². The molecule has 0 radical (unpaired) electrons. The summed E-state index contributed by atoms with van der Waals surface area (Å²) in [5, 5.41) is 2.45. The van der Waals surface area contributed by atoms with Crippen LogP contribution in [0.3, 0.4) is 0 Å². The van der Waals surface area contributed by atoms with Crippen molar-refractivity contribution in [1.29, 1.82) is 0 Å². The molecule has 0 bridgehead atoms. The van der Waals surface area contributed by atoms with E-state index in [4.69, 9.17) is 0 Å². The molecule has 0 aliphatic heterocycles. The van der Waals surface area contributed by atoms with Gasteiger partial charge < -0.3 is 5.32 Å². The number of anilines is 1. The van der Waals surface area contributed by atoms with Crippen LogP contribution in [0.5, 0.6) is 0 Å². The van der Waals surface area contributed by atoms with Crippen molar-refractivity contribution in [3.05, 3.63) is 95.3 Å². The van der Waals surface area contributed by atoms with Crippen molar-refractivity contribution in [3.8, 4) is 0 Å². The normalized spacial score (nSPS) is 11.5. The van der Waals surface area contributed by atoms with Gasteiger partial charge in [0.05, 0.1) is 17.1 Å². The van der Waals surface area contributed by atoms with Gasteiger partial charge in [0.25, 0.3) is 0 Å². The minimum absolute atomic E-state index is 0.00531. The van der Waals surface area contributed by atoms with Crippen LogP contribution in [0.1, 0.15) is 16.7 Å². The molecule has 0 aliphatic rings. The third kappa shape index (κ3) is 5.31. The third-order valence-electron chi connectivity index (χ3n) is 4.57. The number of nitrogens with zero attached hydrogens (tertiary/aromatic N) is 1. The summed E-state index contributed by atoms with van der Waals surface area (Å²) in [6, 6.07) is 19.6. The molecule has 0 saturated heterocycles. The number of carbonyl (C=O) groups excluding carboxylic acids is 1. The largest absolute Gasteiger partial charge is 0.322 e. The lowest BCUT2D eigenvalue weighted by atomic mass is 10.1. The van der Waals surface area contributed by atoms with E-state index in [0.29, 0.717) is 0 Å². The molecule has 0 aromatic heterocycles. The fraction of sp³-hybridized carbons (Fsp3) is 0.174. The van der Waals surface area contributed by atoms with Crippen LogP contribution in [0.4, 0.5) is 10.1 Å². The van der Waals surface area contributed by atoms with Gasteiger partial charge in [-0.25, -0.2) is 12.8 Å². The maximum absolute atomic E-state index is 13.9. The summed E-state index contributed by atoms with van der Waals surface area (Å²) >= 11 is 0. The maximum Gasteiger partial charge on any atom is 0.243 e. The Morgan fingerprint density at radius 3 is 2.30 bits per heavy atom. The summed E-state index contributed by atoms with van der Waals surface area (Å²) in [4.78, 5) is 12.7. The molecule has 30 heavy (non-hydrogen) atoms. The molecule has 0 fully saturated rings. The Kier molecular flexibility index (Phi) is 6.64. The van der Waals surface area contributed by atoms with E-state index in [1.54, 1.807) is 24.3 Å². The van der Waals surface area contributed by atoms with E-state index in [1.807, 2.05) is 32.0 Å². The van der Waals surface area contributed by atoms with Crippen LogP contribution < -0.4 is 5.32 Å². The second-order valence-electron chi connectivity index (χ2n) is 7.10. The number of carbonyl (C=O) groups is 1. The first-order valence-corrected chi connectivity index (χ1v) is 10.9. The predicted octanol–water partition coefficient (Wildman–Crippen LogP) is 4.27. The Morgan fingerprint density at radius 2 is 1.63 bits per heavy atom. The molecule has 3 rings (SSSR count). The zero-order chi connectivity index (χ0) is 21.7. The number of nitrogens with one attached hydrogen (secondary N) is 1. The highest BCUT2D eigenvalue weighted by Crippen LogP contribution is 2.20. The first-order valence-electron chi connectivity index (χ1n) is 9.42. The molecule has 0 heterocycles. The minimum atomic E-state index is -3.95. The fourth-order valence-electron chi connectivity index (χ4n) is 3.01. The van der Waals surface area contributed by atoms with Gasteiger partial charge >= 0.3 is 0 Å². The monoisotopic (exact) mass is 426 g/mol. The molecule has 5 nitrogen and oxygen atoms in total. The number of halogens is 1. The number of hydrogen-bond donors (Lipinski definition) is 1. The molecule has 0 atom stereocenters. The average molecular weight is 427 g/mol. The van der Waals surface area contributed by atoms with Gasteiger partial charge in [-0.05, 0) is 43.7 Å². The van der Waals surface area contributed by atoms with E-state index in [-0.39, 0.29) is 17.1 Å². The molecule has 0 saturated carbocycles. The molecule has 0 aliphatic carbocycles. The Morgan fingerprint density at radius 1 is 0.933 bits per heavy atom. The van der Waals surface area contributed by atoms with Crippen LogP contribution in [0, 0.1) is 19.7 Å². The number of para-hydroxylation sites is 1. The summed E-state index contributed by atoms with van der Waals surface area (Å²) in [5.74, 6) is -1.21. The molecule has 3 aromatic carbocycles. The first-order chi connectivity index (χ1) is 14.3. The lowest BCUT2D eigenvalue weighted by Gasteiger charge is -2.22. The third-order valence-corrected chi connectivity index (χ3v) is 6.37. The fourth-order valence-corrected chi connectivity index (χ4v) is 4.40. The Hall–Kier alpha value is -3.03. The topological polar surface area (TPSA) is 66.5 Å². The van der Waals surface area contributed by atoms with E-state index in [0.717, 1.165) is 21.0 Å². The predicted molar refractivity (Wildman–Crippen MR) is 115 cm³/mol. The highest BCUT2D eigenvalue weighted by atomic mass is 32.2. The quantitative estimate of drug-likeness (QED) is 0.614. The number of benzene rings is 3. The average Bonchev–Trinajstić information content (AvgIpc) is 2.69. The first kappa shape index (κ1) is 21.7. The van der Waals surface area contributed by atoms with E-state index < -0.39 is 28.3 Å². The van der Waals surface area contributed by atoms with Gasteiger partial charge in [0.15, 0.2) is 0 Å². The van der Waals surface area contributed by atoms with Gasteiger partial charge in [-0.15, -0.1) is 0 Å². The molecule has 1 N–H and O–H groups in total. The summed E-state index contributed by atoms with van der Waals surface area (Å²) in [6.07, 6.45) is 0. The van der Waals surface area contributed by atoms with Gasteiger partial charge in [0, 0.05) is 6.54 Å². The zero-order valence-electron chi connectivity index (χ0n) is 16.8. The summed E-state index contributed by atoms with van der Waals surface area (Å²) < 4.78 is 41.5. The van der Waals surface area contributed by atoms with Crippen LogP contribution in [0.25, 0.3) is 0 Å². The van der Waals surface area contributed by atoms with Gasteiger partial charge in [0.1, 0.15) is 5.82 Å². The molecule has 7 heteroatoms. The van der Waals surface area contributed by atoms with Crippen molar-refractivity contribution < 1.29 is 17.6 Å². The van der Waals surface area contributed by atoms with E-state index >= 15 is 0 Å². The number of sulfonamides is 1. The van der Waals surface area contributed by atoms with Gasteiger partial charge in [0.2, 0.25) is 15.9 Å². The molecular formula is C23H23FN2O3S. The van der Waals surface area contributed by atoms with Crippen molar-refractivity contribution in [3.63, 3.8) is 0 Å². The van der Waals surface area contributed by atoms with Crippen LogP contribution in [0.2, 0.25) is 0 Å². The maximum atomic E-state index is 13.9. The number of amides is 1. The highest BCUT2D eigenvalue weighted by molar-refractivity contribution is 7.89. The Balaban J connectivity index is 1.89. The zero-order valence-corrected chi connectivity index (χ0v) is 17.6. The molecule has 1 amide bonds. The summed E-state index contributed by atoms with van der Waals surface area (Å²) in [6.45, 7) is 3.34. The number of aryl methyl sites for hydroxylation is 2. The van der Waals surface area contributed by atoms with E-state index in [9.17, 15) is 17.6 Å². The van der Waals surface area contributed by atoms with E-state index in [2.05, 4.69) is 5.32 Å². The standard InChI is InChI=1S/C23H23FN2O3S/c1-17-10-12-20(13-11-17)30(28,29)26(15-19-7-5-6-18(2)14-19)16-23(27)25-22-9-4-3-8-21(22)24/h3-14H,15-16H2,1-2H3,(H,25,27). The number of rotatable bonds is 7. The number of hydrogen-bond acceptors (Lipinski definition) is 3. The lowest BCUT2D eigenvalue weighted by molar-refractivity contribution is -0.116. The minimum Gasteiger partial charge on any atom is -0.322 e. The molecule has 156 valence electrons. The van der Waals surface area contributed by atoms with Crippen LogP contribution in [-0.2, 0) is 21.4 Å². The smallest absolute Gasteiger partial charge is 0.243 e. The molecule has 3 aromatic rings. The summed E-state index contributed by atoms with van der Waals surface area (Å²) in [7, 11) is -3.95. The lowest BCUT2D eigenvalue weighted by Crippen LogP contribution is -2.37. The van der Waals surface area contributed by atoms with Gasteiger partial charge in [-0.2, -0.15) is 4.31 Å². The molecule has 0 unspecified atom stereocenters. The van der Waals surface area contributed by atoms with Crippen LogP contribution >= 0.6 is 0 Å². The highest BCUT2D eigenvalue weighted by Gasteiger charge is 2.27. The van der Waals surface area contributed by atoms with Crippen LogP contribution in [0.15, 0.2) is 77.7 Å². The molecule has 0 spiro atoms. The Labute approximate surface area is 176 Å². The van der Waals surface area contributed by atoms with Crippen molar-refractivity contribution >= 4 is 21.6 Å².